The number of nitrogens with zero attached hydrogens (tertiary/aromatic N) is 1. The molecule has 98 valence electrons. The third kappa shape index (κ3) is 3.81. The molecule has 0 amide bonds. The van der Waals surface area contributed by atoms with Gasteiger partial charge in [0.2, 0.25) is 0 Å². The van der Waals surface area contributed by atoms with Crippen LogP contribution >= 0.6 is 31.9 Å². The van der Waals surface area contributed by atoms with E-state index in [1.54, 1.807) is 18.3 Å². The standard InChI is InChI=1S/C14H12Br2N2O/c1-9-2-4-12(5-3-9)18-17-8-10-6-11(15)7-13(16)14(10)19/h2-8,18-19H,1H3. The maximum Gasteiger partial charge on any atom is 0.138 e. The third-order valence-corrected chi connectivity index (χ3v) is 3.57. The zero-order valence-corrected chi connectivity index (χ0v) is 13.4. The summed E-state index contributed by atoms with van der Waals surface area (Å²) in [6.07, 6.45) is 1.57. The normalized spacial score (nSPS) is 10.9. The van der Waals surface area contributed by atoms with Gasteiger partial charge in [-0.2, -0.15) is 5.10 Å². The second-order valence-corrected chi connectivity index (χ2v) is 5.83. The van der Waals surface area contributed by atoms with Gasteiger partial charge in [-0.15, -0.1) is 0 Å². The van der Waals surface area contributed by atoms with Gasteiger partial charge in [-0.1, -0.05) is 33.6 Å². The predicted molar refractivity (Wildman–Crippen MR) is 85.9 cm³/mol. The lowest BCUT2D eigenvalue weighted by molar-refractivity contribution is 0.471. The average Bonchev–Trinajstić information content (AvgIpc) is 2.37. The zero-order chi connectivity index (χ0) is 13.8. The average molecular weight is 384 g/mol. The SMILES string of the molecule is Cc1ccc(NN=Cc2cc(Br)cc(Br)c2O)cc1. The Morgan fingerprint density at radius 1 is 1.16 bits per heavy atom. The quantitative estimate of drug-likeness (QED) is 0.597. The number of nitrogens with one attached hydrogen (secondary N) is 1. The number of aromatic hydroxyl groups is 1. The molecule has 0 atom stereocenters. The largest absolute Gasteiger partial charge is 0.506 e. The Kier molecular flexibility index (Phi) is 4.61. The molecule has 0 aliphatic carbocycles. The number of phenols is 1. The van der Waals surface area contributed by atoms with Crippen molar-refractivity contribution < 1.29 is 5.11 Å². The summed E-state index contributed by atoms with van der Waals surface area (Å²) in [5, 5.41) is 14.0. The number of halogens is 2. The van der Waals surface area contributed by atoms with Gasteiger partial charge < -0.3 is 5.11 Å². The van der Waals surface area contributed by atoms with Crippen LogP contribution in [0.3, 0.4) is 0 Å². The number of benzene rings is 2. The first-order valence-electron chi connectivity index (χ1n) is 5.60. The molecule has 2 rings (SSSR count). The fraction of sp³-hybridized carbons (Fsp3) is 0.0714. The summed E-state index contributed by atoms with van der Waals surface area (Å²) in [4.78, 5) is 0. The fourth-order valence-electron chi connectivity index (χ4n) is 1.49. The number of hydrogen-bond donors (Lipinski definition) is 2. The van der Waals surface area contributed by atoms with Crippen molar-refractivity contribution in [3.63, 3.8) is 0 Å². The molecule has 0 fully saturated rings. The molecule has 19 heavy (non-hydrogen) atoms. The van der Waals surface area contributed by atoms with Crippen LogP contribution in [0, 0.1) is 6.92 Å². The molecule has 0 radical (unpaired) electrons. The van der Waals surface area contributed by atoms with E-state index in [0.717, 1.165) is 10.2 Å². The summed E-state index contributed by atoms with van der Waals surface area (Å²) in [5.41, 5.74) is 5.64. The van der Waals surface area contributed by atoms with Crippen molar-refractivity contribution in [2.75, 3.05) is 5.43 Å². The minimum atomic E-state index is 0.164. The van der Waals surface area contributed by atoms with Crippen LogP contribution < -0.4 is 5.43 Å². The number of aryl methyl sites for hydroxylation is 1. The molecule has 2 aromatic rings. The summed E-state index contributed by atoms with van der Waals surface area (Å²) in [6.45, 7) is 2.03. The van der Waals surface area contributed by atoms with Gasteiger partial charge in [0.15, 0.2) is 0 Å². The number of anilines is 1. The zero-order valence-electron chi connectivity index (χ0n) is 10.2. The smallest absolute Gasteiger partial charge is 0.138 e. The highest BCUT2D eigenvalue weighted by molar-refractivity contribution is 9.11. The lowest BCUT2D eigenvalue weighted by Crippen LogP contribution is -1.91. The van der Waals surface area contributed by atoms with Gasteiger partial charge in [0.05, 0.1) is 16.4 Å². The molecule has 3 nitrogen and oxygen atoms in total. The highest BCUT2D eigenvalue weighted by Crippen LogP contribution is 2.30. The van der Waals surface area contributed by atoms with Crippen LogP contribution in [0.2, 0.25) is 0 Å². The lowest BCUT2D eigenvalue weighted by atomic mass is 10.2. The highest BCUT2D eigenvalue weighted by atomic mass is 79.9. The molecule has 0 heterocycles. The Balaban J connectivity index is 2.13. The minimum Gasteiger partial charge on any atom is -0.506 e. The topological polar surface area (TPSA) is 44.6 Å². The third-order valence-electron chi connectivity index (χ3n) is 2.51. The number of hydrazone groups is 1. The van der Waals surface area contributed by atoms with Crippen molar-refractivity contribution in [1.82, 2.24) is 0 Å². The van der Waals surface area contributed by atoms with Crippen molar-refractivity contribution in [2.45, 2.75) is 6.92 Å². The van der Waals surface area contributed by atoms with E-state index in [2.05, 4.69) is 42.4 Å². The van der Waals surface area contributed by atoms with Gasteiger partial charge in [-0.25, -0.2) is 0 Å². The van der Waals surface area contributed by atoms with E-state index < -0.39 is 0 Å². The van der Waals surface area contributed by atoms with Gasteiger partial charge >= 0.3 is 0 Å². The van der Waals surface area contributed by atoms with Crippen molar-refractivity contribution >= 4 is 43.8 Å². The van der Waals surface area contributed by atoms with Crippen molar-refractivity contribution in [2.24, 2.45) is 5.10 Å². The number of rotatable bonds is 3. The Labute approximate surface area is 128 Å². The summed E-state index contributed by atoms with van der Waals surface area (Å²) >= 11 is 6.65. The van der Waals surface area contributed by atoms with Crippen LogP contribution in [0.4, 0.5) is 5.69 Å². The first-order valence-corrected chi connectivity index (χ1v) is 7.18. The van der Waals surface area contributed by atoms with E-state index in [4.69, 9.17) is 0 Å². The van der Waals surface area contributed by atoms with Crippen molar-refractivity contribution in [1.29, 1.82) is 0 Å². The van der Waals surface area contributed by atoms with E-state index in [1.807, 2.05) is 31.2 Å². The van der Waals surface area contributed by atoms with Gasteiger partial charge in [0.1, 0.15) is 5.75 Å². The Morgan fingerprint density at radius 3 is 2.53 bits per heavy atom. The molecule has 0 aliphatic heterocycles. The molecule has 0 spiro atoms. The van der Waals surface area contributed by atoms with E-state index in [0.29, 0.717) is 10.0 Å². The first-order chi connectivity index (χ1) is 9.06. The molecule has 0 unspecified atom stereocenters. The van der Waals surface area contributed by atoms with Gasteiger partial charge in [-0.3, -0.25) is 5.43 Å². The van der Waals surface area contributed by atoms with Crippen LogP contribution in [-0.4, -0.2) is 11.3 Å². The second kappa shape index (κ2) is 6.21. The number of hydrogen-bond acceptors (Lipinski definition) is 3. The molecule has 0 saturated heterocycles. The Bertz CT molecular complexity index is 610. The summed E-state index contributed by atoms with van der Waals surface area (Å²) < 4.78 is 1.49. The predicted octanol–water partition coefficient (Wildman–Crippen LogP) is 4.67. The molecular weight excluding hydrogens is 372 g/mol. The molecule has 0 saturated carbocycles. The van der Waals surface area contributed by atoms with Crippen LogP contribution in [0.5, 0.6) is 5.75 Å². The van der Waals surface area contributed by atoms with Crippen LogP contribution in [-0.2, 0) is 0 Å². The summed E-state index contributed by atoms with van der Waals surface area (Å²) in [6, 6.07) is 11.5. The van der Waals surface area contributed by atoms with Crippen molar-refractivity contribution in [3.8, 4) is 5.75 Å². The Morgan fingerprint density at radius 2 is 1.84 bits per heavy atom. The van der Waals surface area contributed by atoms with E-state index >= 15 is 0 Å². The first kappa shape index (κ1) is 14.1. The van der Waals surface area contributed by atoms with Crippen LogP contribution in [0.25, 0.3) is 0 Å². The maximum absolute atomic E-state index is 9.87. The fourth-order valence-corrected chi connectivity index (χ4v) is 2.75. The van der Waals surface area contributed by atoms with E-state index in [1.165, 1.54) is 5.56 Å². The molecule has 2 N–H and O–H groups in total. The van der Waals surface area contributed by atoms with Crippen LogP contribution in [0.1, 0.15) is 11.1 Å². The molecule has 2 aromatic carbocycles. The van der Waals surface area contributed by atoms with Crippen LogP contribution in [0.15, 0.2) is 50.4 Å². The van der Waals surface area contributed by atoms with Gasteiger partial charge in [0, 0.05) is 10.0 Å². The summed E-state index contributed by atoms with van der Waals surface area (Å²) in [5.74, 6) is 0.164. The molecular formula is C14H12Br2N2O. The molecule has 0 aliphatic rings. The Hall–Kier alpha value is -1.33. The molecule has 0 aromatic heterocycles. The summed E-state index contributed by atoms with van der Waals surface area (Å²) in [7, 11) is 0. The second-order valence-electron chi connectivity index (χ2n) is 4.06. The molecule has 0 bridgehead atoms. The number of phenolic OH excluding ortho intramolecular Hbond substituents is 1. The van der Waals surface area contributed by atoms with E-state index in [9.17, 15) is 5.11 Å². The van der Waals surface area contributed by atoms with Crippen molar-refractivity contribution in [3.05, 3.63) is 56.5 Å². The van der Waals surface area contributed by atoms with E-state index in [-0.39, 0.29) is 5.75 Å². The van der Waals surface area contributed by atoms with Gasteiger partial charge in [0.25, 0.3) is 0 Å². The highest BCUT2D eigenvalue weighted by Gasteiger charge is 2.04. The maximum atomic E-state index is 9.87. The lowest BCUT2D eigenvalue weighted by Gasteiger charge is -2.03. The minimum absolute atomic E-state index is 0.164. The monoisotopic (exact) mass is 382 g/mol. The van der Waals surface area contributed by atoms with Gasteiger partial charge in [-0.05, 0) is 47.1 Å². The molecule has 5 heteroatoms.